The second-order valence-corrected chi connectivity index (χ2v) is 13.8. The van der Waals surface area contributed by atoms with Gasteiger partial charge in [0.1, 0.15) is 12.6 Å². The number of carbonyl (C=O) groups excluding carboxylic acids is 2. The van der Waals surface area contributed by atoms with Crippen LogP contribution in [-0.4, -0.2) is 58.0 Å². The minimum atomic E-state index is -4.37. The van der Waals surface area contributed by atoms with E-state index in [1.165, 1.54) is 61.6 Å². The number of amides is 2. The van der Waals surface area contributed by atoms with E-state index >= 15 is 0 Å². The van der Waals surface area contributed by atoms with E-state index in [0.717, 1.165) is 9.87 Å². The molecule has 0 radical (unpaired) electrons. The fraction of sp³-hybridized carbons (Fsp3) is 0.257. The van der Waals surface area contributed by atoms with E-state index in [1.54, 1.807) is 24.3 Å². The van der Waals surface area contributed by atoms with E-state index in [2.05, 4.69) is 5.32 Å². The molecule has 0 aromatic heterocycles. The minimum absolute atomic E-state index is 0.00667. The summed E-state index contributed by atoms with van der Waals surface area (Å²) < 4.78 is 40.3. The summed E-state index contributed by atoms with van der Waals surface area (Å²) in [4.78, 5) is 29.6. The number of hydrogen-bond donors (Lipinski definition) is 1. The van der Waals surface area contributed by atoms with Crippen LogP contribution in [-0.2, 0) is 32.6 Å². The van der Waals surface area contributed by atoms with Crippen LogP contribution >= 0.6 is 23.2 Å². The van der Waals surface area contributed by atoms with Gasteiger partial charge in [-0.2, -0.15) is 0 Å². The first kappa shape index (κ1) is 35.6. The molecule has 0 fully saturated rings. The first-order chi connectivity index (χ1) is 22.4. The Morgan fingerprint density at radius 3 is 2.06 bits per heavy atom. The highest BCUT2D eigenvalue weighted by Gasteiger charge is 2.35. The van der Waals surface area contributed by atoms with Crippen molar-refractivity contribution in [2.24, 2.45) is 0 Å². The number of sulfonamides is 1. The van der Waals surface area contributed by atoms with Crippen molar-refractivity contribution < 1.29 is 27.5 Å². The number of rotatable bonds is 14. The van der Waals surface area contributed by atoms with Crippen LogP contribution in [0.5, 0.6) is 11.5 Å². The largest absolute Gasteiger partial charge is 0.493 e. The molecule has 0 spiro atoms. The Morgan fingerprint density at radius 1 is 0.787 bits per heavy atom. The van der Waals surface area contributed by atoms with Crippen LogP contribution in [0.2, 0.25) is 10.0 Å². The van der Waals surface area contributed by atoms with E-state index in [-0.39, 0.29) is 41.2 Å². The molecule has 47 heavy (non-hydrogen) atoms. The lowest BCUT2D eigenvalue weighted by Crippen LogP contribution is -2.54. The molecule has 2 amide bonds. The molecule has 4 aromatic carbocycles. The number of ether oxygens (including phenoxy) is 2. The molecule has 12 heteroatoms. The van der Waals surface area contributed by atoms with Crippen molar-refractivity contribution in [1.82, 2.24) is 10.2 Å². The normalized spacial score (nSPS) is 11.9. The van der Waals surface area contributed by atoms with Crippen LogP contribution in [0.1, 0.15) is 25.0 Å². The van der Waals surface area contributed by atoms with Gasteiger partial charge in [-0.15, -0.1) is 0 Å². The van der Waals surface area contributed by atoms with Crippen LogP contribution in [0.25, 0.3) is 0 Å². The van der Waals surface area contributed by atoms with Crippen molar-refractivity contribution >= 4 is 50.7 Å². The van der Waals surface area contributed by atoms with Crippen molar-refractivity contribution in [2.45, 2.75) is 43.8 Å². The lowest BCUT2D eigenvalue weighted by molar-refractivity contribution is -0.140. The molecule has 0 heterocycles. The van der Waals surface area contributed by atoms with Crippen molar-refractivity contribution in [3.05, 3.63) is 118 Å². The highest BCUT2D eigenvalue weighted by molar-refractivity contribution is 7.92. The van der Waals surface area contributed by atoms with Gasteiger partial charge in [-0.1, -0.05) is 65.7 Å². The van der Waals surface area contributed by atoms with Gasteiger partial charge in [-0.05, 0) is 73.5 Å². The zero-order valence-corrected chi connectivity index (χ0v) is 28.9. The predicted molar refractivity (Wildman–Crippen MR) is 185 cm³/mol. The minimum Gasteiger partial charge on any atom is -0.493 e. The number of anilines is 1. The van der Waals surface area contributed by atoms with Gasteiger partial charge in [0, 0.05) is 35.1 Å². The average molecular weight is 699 g/mol. The van der Waals surface area contributed by atoms with Crippen molar-refractivity contribution in [2.75, 3.05) is 25.1 Å². The second-order valence-electron chi connectivity index (χ2n) is 11.0. The Hall–Kier alpha value is -4.25. The number of nitrogens with zero attached hydrogens (tertiary/aromatic N) is 2. The molecule has 4 rings (SSSR count). The van der Waals surface area contributed by atoms with Crippen molar-refractivity contribution in [3.63, 3.8) is 0 Å². The van der Waals surface area contributed by atoms with E-state index in [0.29, 0.717) is 21.4 Å². The van der Waals surface area contributed by atoms with Crippen LogP contribution in [0, 0.1) is 0 Å². The third-order valence-electron chi connectivity index (χ3n) is 7.28. The highest BCUT2D eigenvalue weighted by atomic mass is 35.5. The fourth-order valence-electron chi connectivity index (χ4n) is 5.01. The monoisotopic (exact) mass is 697 g/mol. The smallest absolute Gasteiger partial charge is 0.264 e. The van der Waals surface area contributed by atoms with Crippen LogP contribution in [0.4, 0.5) is 5.69 Å². The standard InChI is InChI=1S/C35H37Cl2N3O6S/c1-24(2)38-35(42)31(20-25-9-6-5-7-10-25)39(22-26-11-8-12-28(37)19-26)34(41)23-40(29-15-13-27(36)14-16-29)47(43,44)30-17-18-32(45-3)33(21-30)46-4/h5-19,21,24,31H,20,22-23H2,1-4H3,(H,38,42)/t31-/m1/s1. The molecule has 0 saturated heterocycles. The van der Waals surface area contributed by atoms with E-state index in [4.69, 9.17) is 32.7 Å². The Bertz CT molecular complexity index is 1790. The van der Waals surface area contributed by atoms with Gasteiger partial charge in [0.2, 0.25) is 11.8 Å². The van der Waals surface area contributed by atoms with Gasteiger partial charge >= 0.3 is 0 Å². The third-order valence-corrected chi connectivity index (χ3v) is 9.54. The van der Waals surface area contributed by atoms with Gasteiger partial charge < -0.3 is 19.7 Å². The summed E-state index contributed by atoms with van der Waals surface area (Å²) in [6.07, 6.45) is 0.190. The molecule has 0 bridgehead atoms. The van der Waals surface area contributed by atoms with Crippen molar-refractivity contribution in [1.29, 1.82) is 0 Å². The second kappa shape index (κ2) is 16.0. The SMILES string of the molecule is COc1ccc(S(=O)(=O)N(CC(=O)N(Cc2cccc(Cl)c2)[C@H](Cc2ccccc2)C(=O)NC(C)C)c2ccc(Cl)cc2)cc1OC. The Balaban J connectivity index is 1.83. The summed E-state index contributed by atoms with van der Waals surface area (Å²) in [6.45, 7) is 3.03. The summed E-state index contributed by atoms with van der Waals surface area (Å²) in [5.41, 5.74) is 1.70. The van der Waals surface area contributed by atoms with Crippen LogP contribution < -0.4 is 19.1 Å². The van der Waals surface area contributed by atoms with Crippen LogP contribution in [0.15, 0.2) is 102 Å². The lowest BCUT2D eigenvalue weighted by atomic mass is 10.0. The van der Waals surface area contributed by atoms with Gasteiger partial charge in [0.15, 0.2) is 11.5 Å². The predicted octanol–water partition coefficient (Wildman–Crippen LogP) is 6.37. The van der Waals surface area contributed by atoms with E-state index in [1.807, 2.05) is 44.2 Å². The molecule has 0 saturated carbocycles. The number of halogens is 2. The summed E-state index contributed by atoms with van der Waals surface area (Å²) >= 11 is 12.4. The molecular weight excluding hydrogens is 661 g/mol. The summed E-state index contributed by atoms with van der Waals surface area (Å²) in [5, 5.41) is 3.78. The molecule has 4 aromatic rings. The lowest BCUT2D eigenvalue weighted by Gasteiger charge is -2.34. The number of carbonyl (C=O) groups is 2. The number of methoxy groups -OCH3 is 2. The Kier molecular flexibility index (Phi) is 12.1. The van der Waals surface area contributed by atoms with E-state index < -0.39 is 28.5 Å². The van der Waals surface area contributed by atoms with Crippen LogP contribution in [0.3, 0.4) is 0 Å². The zero-order valence-electron chi connectivity index (χ0n) is 26.5. The van der Waals surface area contributed by atoms with Crippen molar-refractivity contribution in [3.8, 4) is 11.5 Å². The average Bonchev–Trinajstić information content (AvgIpc) is 3.05. The number of benzene rings is 4. The number of hydrogen-bond acceptors (Lipinski definition) is 6. The zero-order chi connectivity index (χ0) is 34.1. The highest BCUT2D eigenvalue weighted by Crippen LogP contribution is 2.33. The molecule has 0 unspecified atom stereocenters. The fourth-order valence-corrected chi connectivity index (χ4v) is 6.78. The molecule has 0 aliphatic heterocycles. The summed E-state index contributed by atoms with van der Waals surface area (Å²) in [7, 11) is -1.53. The third kappa shape index (κ3) is 9.18. The maximum absolute atomic E-state index is 14.5. The topological polar surface area (TPSA) is 105 Å². The molecule has 1 atom stereocenters. The molecule has 9 nitrogen and oxygen atoms in total. The Labute approximate surface area is 286 Å². The molecule has 1 N–H and O–H groups in total. The number of nitrogens with one attached hydrogen (secondary N) is 1. The summed E-state index contributed by atoms with van der Waals surface area (Å²) in [6, 6.07) is 25.4. The molecule has 0 aliphatic rings. The first-order valence-electron chi connectivity index (χ1n) is 14.8. The van der Waals surface area contributed by atoms with Gasteiger partial charge in [-0.3, -0.25) is 13.9 Å². The molecule has 0 aliphatic carbocycles. The summed E-state index contributed by atoms with van der Waals surface area (Å²) in [5.74, 6) is -0.441. The molecule has 248 valence electrons. The van der Waals surface area contributed by atoms with E-state index in [9.17, 15) is 18.0 Å². The molecular formula is C35H37Cl2N3O6S. The van der Waals surface area contributed by atoms with Gasteiger partial charge in [0.05, 0.1) is 24.8 Å². The maximum atomic E-state index is 14.5. The van der Waals surface area contributed by atoms with Gasteiger partial charge in [-0.25, -0.2) is 8.42 Å². The Morgan fingerprint density at radius 2 is 1.45 bits per heavy atom. The quantitative estimate of drug-likeness (QED) is 0.164. The maximum Gasteiger partial charge on any atom is 0.264 e. The first-order valence-corrected chi connectivity index (χ1v) is 17.0. The van der Waals surface area contributed by atoms with Gasteiger partial charge in [0.25, 0.3) is 10.0 Å².